The molecule has 2 unspecified atom stereocenters. The molecule has 2 atom stereocenters. The van der Waals surface area contributed by atoms with Crippen LogP contribution >= 0.6 is 0 Å². The highest BCUT2D eigenvalue weighted by Crippen LogP contribution is 2.27. The van der Waals surface area contributed by atoms with Gasteiger partial charge in [-0.25, -0.2) is 0 Å². The summed E-state index contributed by atoms with van der Waals surface area (Å²) in [7, 11) is 1.69. The molecule has 0 saturated heterocycles. The molecule has 108 valence electrons. The van der Waals surface area contributed by atoms with Crippen molar-refractivity contribution in [3.05, 3.63) is 29.8 Å². The van der Waals surface area contributed by atoms with Crippen molar-refractivity contribution in [3.63, 3.8) is 0 Å². The van der Waals surface area contributed by atoms with Gasteiger partial charge in [-0.1, -0.05) is 19.1 Å². The molecule has 0 fully saturated rings. The summed E-state index contributed by atoms with van der Waals surface area (Å²) >= 11 is 0. The van der Waals surface area contributed by atoms with Crippen LogP contribution in [0.5, 0.6) is 5.75 Å². The summed E-state index contributed by atoms with van der Waals surface area (Å²) in [5.41, 5.74) is 7.50. The van der Waals surface area contributed by atoms with Gasteiger partial charge in [-0.3, -0.25) is 4.90 Å². The summed E-state index contributed by atoms with van der Waals surface area (Å²) in [6.07, 6.45) is 1.14. The Morgan fingerprint density at radius 1 is 1.16 bits per heavy atom. The molecule has 0 aliphatic rings. The minimum absolute atomic E-state index is 0.0994. The summed E-state index contributed by atoms with van der Waals surface area (Å²) < 4.78 is 5.22. The van der Waals surface area contributed by atoms with E-state index in [1.165, 1.54) is 5.56 Å². The second-order valence-corrected chi connectivity index (χ2v) is 5.41. The molecule has 0 aliphatic heterocycles. The summed E-state index contributed by atoms with van der Waals surface area (Å²) in [6, 6.07) is 9.10. The lowest BCUT2D eigenvalue weighted by Gasteiger charge is -2.37. The van der Waals surface area contributed by atoms with Gasteiger partial charge in [0.25, 0.3) is 0 Å². The van der Waals surface area contributed by atoms with E-state index in [-0.39, 0.29) is 12.1 Å². The van der Waals surface area contributed by atoms with Crippen molar-refractivity contribution >= 4 is 0 Å². The Bertz CT molecular complexity index is 360. The molecule has 3 nitrogen and oxygen atoms in total. The maximum absolute atomic E-state index is 6.24. The van der Waals surface area contributed by atoms with Crippen molar-refractivity contribution in [1.29, 1.82) is 0 Å². The summed E-state index contributed by atoms with van der Waals surface area (Å²) in [6.45, 7) is 9.82. The van der Waals surface area contributed by atoms with Gasteiger partial charge in [0.1, 0.15) is 5.75 Å². The molecule has 0 spiro atoms. The fourth-order valence-corrected chi connectivity index (χ4v) is 2.57. The second kappa shape index (κ2) is 7.51. The van der Waals surface area contributed by atoms with Crippen molar-refractivity contribution < 1.29 is 4.74 Å². The van der Waals surface area contributed by atoms with Crippen molar-refractivity contribution in [2.24, 2.45) is 5.73 Å². The second-order valence-electron chi connectivity index (χ2n) is 5.41. The zero-order valence-corrected chi connectivity index (χ0v) is 12.9. The summed E-state index contributed by atoms with van der Waals surface area (Å²) in [4.78, 5) is 2.48. The quantitative estimate of drug-likeness (QED) is 0.822. The average Bonchev–Trinajstić information content (AvgIpc) is 2.38. The number of nitrogens with zero attached hydrogens (tertiary/aromatic N) is 1. The van der Waals surface area contributed by atoms with E-state index in [1.807, 2.05) is 12.1 Å². The molecule has 1 rings (SSSR count). The van der Waals surface area contributed by atoms with Crippen molar-refractivity contribution in [1.82, 2.24) is 4.90 Å². The van der Waals surface area contributed by atoms with Gasteiger partial charge in [0, 0.05) is 18.1 Å². The minimum Gasteiger partial charge on any atom is -0.497 e. The molecule has 0 aromatic heterocycles. The highest BCUT2D eigenvalue weighted by Gasteiger charge is 2.25. The first-order chi connectivity index (χ1) is 9.01. The van der Waals surface area contributed by atoms with Crippen LogP contribution in [0.2, 0.25) is 0 Å². The van der Waals surface area contributed by atoms with Gasteiger partial charge < -0.3 is 10.5 Å². The molecule has 3 heteroatoms. The molecule has 19 heavy (non-hydrogen) atoms. The average molecular weight is 264 g/mol. The summed E-state index contributed by atoms with van der Waals surface area (Å²) in [5, 5.41) is 0. The Kier molecular flexibility index (Phi) is 6.32. The standard InChI is InChI=1S/C16H28N2O/c1-6-11-18(12(2)3)16(13(4)17)14-7-9-15(19-5)10-8-14/h7-10,12-13,16H,6,11,17H2,1-5H3. The van der Waals surface area contributed by atoms with Crippen molar-refractivity contribution in [2.75, 3.05) is 13.7 Å². The van der Waals surface area contributed by atoms with Gasteiger partial charge in [0.2, 0.25) is 0 Å². The van der Waals surface area contributed by atoms with Gasteiger partial charge in [-0.05, 0) is 51.4 Å². The molecule has 1 aromatic carbocycles. The van der Waals surface area contributed by atoms with Crippen LogP contribution in [0.25, 0.3) is 0 Å². The Morgan fingerprint density at radius 3 is 2.11 bits per heavy atom. The Morgan fingerprint density at radius 2 is 1.74 bits per heavy atom. The highest BCUT2D eigenvalue weighted by molar-refractivity contribution is 5.30. The SMILES string of the molecule is CCCN(C(C)C)C(c1ccc(OC)cc1)C(C)N. The first-order valence-corrected chi connectivity index (χ1v) is 7.16. The van der Waals surface area contributed by atoms with E-state index in [1.54, 1.807) is 7.11 Å². The van der Waals surface area contributed by atoms with Crippen LogP contribution < -0.4 is 10.5 Å². The zero-order valence-electron chi connectivity index (χ0n) is 12.9. The van der Waals surface area contributed by atoms with E-state index in [2.05, 4.69) is 44.7 Å². The third-order valence-electron chi connectivity index (χ3n) is 3.46. The van der Waals surface area contributed by atoms with Gasteiger partial charge >= 0.3 is 0 Å². The molecule has 0 saturated carbocycles. The lowest BCUT2D eigenvalue weighted by molar-refractivity contribution is 0.136. The molecule has 2 N–H and O–H groups in total. The third-order valence-corrected chi connectivity index (χ3v) is 3.46. The summed E-state index contributed by atoms with van der Waals surface area (Å²) in [5.74, 6) is 0.888. The topological polar surface area (TPSA) is 38.5 Å². The van der Waals surface area contributed by atoms with Crippen molar-refractivity contribution in [3.8, 4) is 5.75 Å². The number of nitrogens with two attached hydrogens (primary N) is 1. The smallest absolute Gasteiger partial charge is 0.118 e. The van der Waals surface area contributed by atoms with Gasteiger partial charge in [-0.15, -0.1) is 0 Å². The Hall–Kier alpha value is -1.06. The van der Waals surface area contributed by atoms with Crippen LogP contribution in [0.1, 0.15) is 45.7 Å². The number of hydrogen-bond donors (Lipinski definition) is 1. The van der Waals surface area contributed by atoms with Crippen LogP contribution in [0.3, 0.4) is 0 Å². The van der Waals surface area contributed by atoms with Crippen LogP contribution in [0.15, 0.2) is 24.3 Å². The molecular formula is C16H28N2O. The predicted molar refractivity (Wildman–Crippen MR) is 81.5 cm³/mol. The first kappa shape index (κ1) is 16.0. The molecular weight excluding hydrogens is 236 g/mol. The lowest BCUT2D eigenvalue weighted by atomic mass is 9.97. The number of rotatable bonds is 7. The largest absolute Gasteiger partial charge is 0.497 e. The van der Waals surface area contributed by atoms with Gasteiger partial charge in [0.05, 0.1) is 7.11 Å². The van der Waals surface area contributed by atoms with Crippen LogP contribution in [0.4, 0.5) is 0 Å². The van der Waals surface area contributed by atoms with E-state index in [0.29, 0.717) is 6.04 Å². The zero-order chi connectivity index (χ0) is 14.4. The Labute approximate surface area is 117 Å². The fourth-order valence-electron chi connectivity index (χ4n) is 2.57. The third kappa shape index (κ3) is 4.22. The maximum atomic E-state index is 6.24. The van der Waals surface area contributed by atoms with E-state index >= 15 is 0 Å². The number of methoxy groups -OCH3 is 1. The lowest BCUT2D eigenvalue weighted by Crippen LogP contribution is -2.43. The monoisotopic (exact) mass is 264 g/mol. The molecule has 0 bridgehead atoms. The van der Waals surface area contributed by atoms with E-state index in [0.717, 1.165) is 18.7 Å². The predicted octanol–water partition coefficient (Wildman–Crippen LogP) is 3.20. The number of ether oxygens (including phenoxy) is 1. The first-order valence-electron chi connectivity index (χ1n) is 7.16. The van der Waals surface area contributed by atoms with Crippen LogP contribution in [0, 0.1) is 0 Å². The van der Waals surface area contributed by atoms with Crippen molar-refractivity contribution in [2.45, 2.75) is 52.2 Å². The van der Waals surface area contributed by atoms with Crippen LogP contribution in [-0.2, 0) is 0 Å². The van der Waals surface area contributed by atoms with E-state index in [9.17, 15) is 0 Å². The highest BCUT2D eigenvalue weighted by atomic mass is 16.5. The number of benzene rings is 1. The minimum atomic E-state index is 0.0994. The molecule has 0 aliphatic carbocycles. The molecule has 0 heterocycles. The van der Waals surface area contributed by atoms with E-state index < -0.39 is 0 Å². The van der Waals surface area contributed by atoms with Gasteiger partial charge in [0.15, 0.2) is 0 Å². The Balaban J connectivity index is 3.03. The number of hydrogen-bond acceptors (Lipinski definition) is 3. The normalized spacial score (nSPS) is 14.7. The fraction of sp³-hybridized carbons (Fsp3) is 0.625. The molecule has 1 aromatic rings. The molecule has 0 radical (unpaired) electrons. The van der Waals surface area contributed by atoms with E-state index in [4.69, 9.17) is 10.5 Å². The van der Waals surface area contributed by atoms with Crippen LogP contribution in [-0.4, -0.2) is 30.6 Å². The van der Waals surface area contributed by atoms with Gasteiger partial charge in [-0.2, -0.15) is 0 Å². The maximum Gasteiger partial charge on any atom is 0.118 e. The molecule has 0 amide bonds.